The molecule has 0 fully saturated rings. The standard InChI is InChI=1S/C5H11NO3/c1-3(7)5(2,6)4(8)9/h3,7H,6H2,1-2H3,(H,8,9)/t3-,5+/m1/s1/i2D. The number of rotatable bonds is 2. The normalized spacial score (nSPS) is 21.9. The monoisotopic (exact) mass is 134 g/mol. The van der Waals surface area contributed by atoms with Gasteiger partial charge in [-0.15, -0.1) is 0 Å². The lowest BCUT2D eigenvalue weighted by atomic mass is 9.98. The summed E-state index contributed by atoms with van der Waals surface area (Å²) in [5.74, 6) is -1.35. The molecule has 54 valence electrons. The molecule has 0 heterocycles. The molecule has 4 N–H and O–H groups in total. The molecule has 0 aliphatic rings. The van der Waals surface area contributed by atoms with Gasteiger partial charge in [-0.25, -0.2) is 0 Å². The fourth-order valence-corrected chi connectivity index (χ4v) is 0.179. The van der Waals surface area contributed by atoms with Crippen LogP contribution in [0.4, 0.5) is 0 Å². The lowest BCUT2D eigenvalue weighted by molar-refractivity contribution is -0.146. The molecule has 9 heavy (non-hydrogen) atoms. The van der Waals surface area contributed by atoms with Crippen LogP contribution >= 0.6 is 0 Å². The van der Waals surface area contributed by atoms with Crippen LogP contribution in [0, 0.1) is 0 Å². The van der Waals surface area contributed by atoms with E-state index in [2.05, 4.69) is 0 Å². The summed E-state index contributed by atoms with van der Waals surface area (Å²) in [6.45, 7) is 0.725. The predicted octanol–water partition coefficient (Wildman–Crippen LogP) is -0.831. The van der Waals surface area contributed by atoms with Crippen LogP contribution < -0.4 is 5.73 Å². The number of hydrogen-bond acceptors (Lipinski definition) is 3. The van der Waals surface area contributed by atoms with Crippen molar-refractivity contribution in [1.82, 2.24) is 0 Å². The van der Waals surface area contributed by atoms with Gasteiger partial charge in [-0.3, -0.25) is 4.79 Å². The van der Waals surface area contributed by atoms with Gasteiger partial charge in [0.1, 0.15) is 5.54 Å². The highest BCUT2D eigenvalue weighted by Crippen LogP contribution is 2.04. The SMILES string of the molecule is [2H]C[C@@](N)(C(=O)O)[C@@H](C)O. The number of aliphatic hydroxyl groups is 1. The molecule has 0 rings (SSSR count). The Labute approximate surface area is 54.7 Å². The zero-order valence-electron chi connectivity index (χ0n) is 6.16. The number of aliphatic carboxylic acids is 1. The van der Waals surface area contributed by atoms with E-state index in [1.165, 1.54) is 6.92 Å². The van der Waals surface area contributed by atoms with E-state index in [0.717, 1.165) is 0 Å². The molecule has 0 amide bonds. The summed E-state index contributed by atoms with van der Waals surface area (Å²) in [7, 11) is 0. The molecule has 0 saturated heterocycles. The van der Waals surface area contributed by atoms with Crippen LogP contribution in [0.25, 0.3) is 0 Å². The number of nitrogens with two attached hydrogens (primary N) is 1. The molecule has 0 aromatic carbocycles. The Hall–Kier alpha value is -0.610. The van der Waals surface area contributed by atoms with Gasteiger partial charge >= 0.3 is 5.97 Å². The Bertz CT molecular complexity index is 139. The fraction of sp³-hybridized carbons (Fsp3) is 0.800. The fourth-order valence-electron chi connectivity index (χ4n) is 0.179. The van der Waals surface area contributed by atoms with Crippen molar-refractivity contribution in [2.45, 2.75) is 25.5 Å². The summed E-state index contributed by atoms with van der Waals surface area (Å²) >= 11 is 0. The third kappa shape index (κ3) is 1.65. The summed E-state index contributed by atoms with van der Waals surface area (Å²) in [6, 6.07) is 0. The van der Waals surface area contributed by atoms with Gasteiger partial charge in [0, 0.05) is 1.37 Å². The maximum Gasteiger partial charge on any atom is 0.326 e. The highest BCUT2D eigenvalue weighted by molar-refractivity contribution is 5.78. The van der Waals surface area contributed by atoms with Gasteiger partial charge in [-0.2, -0.15) is 0 Å². The van der Waals surface area contributed by atoms with Crippen molar-refractivity contribution in [1.29, 1.82) is 0 Å². The van der Waals surface area contributed by atoms with Crippen molar-refractivity contribution in [3.8, 4) is 0 Å². The molecule has 2 atom stereocenters. The van der Waals surface area contributed by atoms with Crippen LogP contribution in [0.5, 0.6) is 0 Å². The Balaban J connectivity index is 4.38. The largest absolute Gasteiger partial charge is 0.480 e. The lowest BCUT2D eigenvalue weighted by Gasteiger charge is -2.21. The average molecular weight is 134 g/mol. The Morgan fingerprint density at radius 3 is 2.44 bits per heavy atom. The van der Waals surface area contributed by atoms with E-state index in [9.17, 15) is 4.79 Å². The number of carboxylic acid groups (broad SMARTS) is 1. The Morgan fingerprint density at radius 1 is 2.00 bits per heavy atom. The highest BCUT2D eigenvalue weighted by Gasteiger charge is 2.33. The second kappa shape index (κ2) is 2.33. The maximum atomic E-state index is 10.3. The molecule has 0 aliphatic heterocycles. The molecule has 0 spiro atoms. The Morgan fingerprint density at radius 2 is 2.44 bits per heavy atom. The van der Waals surface area contributed by atoms with Crippen LogP contribution in [0.1, 0.15) is 15.2 Å². The average Bonchev–Trinajstić information content (AvgIpc) is 1.85. The number of carboxylic acids is 1. The van der Waals surface area contributed by atoms with Crippen LogP contribution in [-0.4, -0.2) is 27.8 Å². The second-order valence-electron chi connectivity index (χ2n) is 2.02. The summed E-state index contributed by atoms with van der Waals surface area (Å²) in [6.07, 6.45) is -1.21. The highest BCUT2D eigenvalue weighted by atomic mass is 16.4. The van der Waals surface area contributed by atoms with Gasteiger partial charge in [0.05, 0.1) is 6.10 Å². The maximum absolute atomic E-state index is 10.3. The molecule has 4 heteroatoms. The van der Waals surface area contributed by atoms with E-state index in [1.807, 2.05) is 0 Å². The van der Waals surface area contributed by atoms with Crippen LogP contribution in [0.3, 0.4) is 0 Å². The minimum absolute atomic E-state index is 0.528. The number of aliphatic hydroxyl groups excluding tert-OH is 1. The van der Waals surface area contributed by atoms with Gasteiger partial charge < -0.3 is 15.9 Å². The molecule has 0 aliphatic carbocycles. The van der Waals surface area contributed by atoms with Gasteiger partial charge in [0.25, 0.3) is 0 Å². The number of hydrogen-bond donors (Lipinski definition) is 3. The van der Waals surface area contributed by atoms with Crippen molar-refractivity contribution >= 4 is 5.97 Å². The predicted molar refractivity (Wildman–Crippen MR) is 31.9 cm³/mol. The van der Waals surface area contributed by atoms with E-state index in [-0.39, 0.29) is 0 Å². The van der Waals surface area contributed by atoms with Gasteiger partial charge in [0.15, 0.2) is 0 Å². The first-order valence-corrected chi connectivity index (χ1v) is 2.44. The third-order valence-electron chi connectivity index (χ3n) is 1.14. The quantitative estimate of drug-likeness (QED) is 0.460. The van der Waals surface area contributed by atoms with Crippen molar-refractivity contribution in [3.05, 3.63) is 0 Å². The molecule has 0 saturated carbocycles. The lowest BCUT2D eigenvalue weighted by Crippen LogP contribution is -2.53. The minimum atomic E-state index is -1.82. The minimum Gasteiger partial charge on any atom is -0.480 e. The van der Waals surface area contributed by atoms with Crippen molar-refractivity contribution < 1.29 is 16.4 Å². The molecule has 0 bridgehead atoms. The van der Waals surface area contributed by atoms with Gasteiger partial charge in [-0.1, -0.05) is 0 Å². The van der Waals surface area contributed by atoms with E-state index < -0.39 is 24.5 Å². The first kappa shape index (κ1) is 6.51. The topological polar surface area (TPSA) is 83.6 Å². The molecule has 4 nitrogen and oxygen atoms in total. The van der Waals surface area contributed by atoms with E-state index in [1.54, 1.807) is 0 Å². The van der Waals surface area contributed by atoms with Crippen LogP contribution in [0.2, 0.25) is 0 Å². The van der Waals surface area contributed by atoms with Gasteiger partial charge in [-0.05, 0) is 13.8 Å². The summed E-state index contributed by atoms with van der Waals surface area (Å²) in [5.41, 5.74) is 3.33. The molecule has 0 radical (unpaired) electrons. The first-order valence-electron chi connectivity index (χ1n) is 3.15. The number of carbonyl (C=O) groups is 1. The van der Waals surface area contributed by atoms with E-state index in [4.69, 9.17) is 17.3 Å². The summed E-state index contributed by atoms with van der Waals surface area (Å²) in [4.78, 5) is 10.3. The van der Waals surface area contributed by atoms with E-state index in [0.29, 0.717) is 0 Å². The first-order chi connectivity index (χ1) is 4.45. The molecular weight excluding hydrogens is 122 g/mol. The van der Waals surface area contributed by atoms with Crippen LogP contribution in [-0.2, 0) is 4.79 Å². The Kier molecular flexibility index (Phi) is 1.68. The zero-order valence-corrected chi connectivity index (χ0v) is 5.16. The smallest absolute Gasteiger partial charge is 0.326 e. The van der Waals surface area contributed by atoms with Crippen LogP contribution in [0.15, 0.2) is 0 Å². The van der Waals surface area contributed by atoms with Crippen molar-refractivity contribution in [3.63, 3.8) is 0 Å². The summed E-state index contributed by atoms with van der Waals surface area (Å²) in [5, 5.41) is 17.2. The second-order valence-corrected chi connectivity index (χ2v) is 2.02. The van der Waals surface area contributed by atoms with Crippen molar-refractivity contribution in [2.24, 2.45) is 5.73 Å². The van der Waals surface area contributed by atoms with E-state index >= 15 is 0 Å². The van der Waals surface area contributed by atoms with Gasteiger partial charge in [0.2, 0.25) is 0 Å². The third-order valence-corrected chi connectivity index (χ3v) is 1.14. The zero-order chi connectivity index (χ0) is 8.36. The molecule has 0 unspecified atom stereocenters. The molecule has 0 aromatic heterocycles. The molecule has 0 aromatic rings. The summed E-state index contributed by atoms with van der Waals surface area (Å²) < 4.78 is 6.75. The molecular formula is C5H11NO3. The van der Waals surface area contributed by atoms with Crippen molar-refractivity contribution in [2.75, 3.05) is 0 Å².